The molecule has 0 heterocycles. The number of aliphatic hydroxyl groups is 1. The van der Waals surface area contributed by atoms with Gasteiger partial charge in [-0.3, -0.25) is 9.59 Å². The third kappa shape index (κ3) is 3.81. The van der Waals surface area contributed by atoms with Crippen LogP contribution in [0.4, 0.5) is 0 Å². The van der Waals surface area contributed by atoms with E-state index in [4.69, 9.17) is 15.3 Å². The van der Waals surface area contributed by atoms with Gasteiger partial charge in [0, 0.05) is 6.61 Å². The zero-order chi connectivity index (χ0) is 12.7. The molecule has 0 fully saturated rings. The zero-order valence-corrected chi connectivity index (χ0v) is 9.72. The molecule has 3 N–H and O–H groups in total. The first-order chi connectivity index (χ1) is 7.49. The number of rotatable bonds is 8. The molecule has 0 radical (unpaired) electrons. The molecule has 0 spiro atoms. The predicted molar refractivity (Wildman–Crippen MR) is 58.0 cm³/mol. The van der Waals surface area contributed by atoms with E-state index in [9.17, 15) is 9.59 Å². The van der Waals surface area contributed by atoms with Crippen LogP contribution in [0.25, 0.3) is 0 Å². The minimum Gasteiger partial charge on any atom is -0.481 e. The average Bonchev–Trinajstić information content (AvgIpc) is 2.22. The predicted octanol–water partition coefficient (Wildman–Crippen LogP) is 1.21. The molecule has 5 nitrogen and oxygen atoms in total. The Bertz CT molecular complexity index is 239. The van der Waals surface area contributed by atoms with E-state index in [0.717, 1.165) is 6.42 Å². The van der Waals surface area contributed by atoms with Gasteiger partial charge in [0.15, 0.2) is 0 Å². The number of aliphatic carboxylic acids is 2. The maximum atomic E-state index is 11.1. The molecule has 0 aliphatic rings. The highest BCUT2D eigenvalue weighted by molar-refractivity contribution is 5.80. The van der Waals surface area contributed by atoms with E-state index < -0.39 is 29.7 Å². The molecule has 0 aliphatic heterocycles. The Hall–Kier alpha value is -1.10. The zero-order valence-electron chi connectivity index (χ0n) is 9.72. The summed E-state index contributed by atoms with van der Waals surface area (Å²) in [7, 11) is 0. The van der Waals surface area contributed by atoms with Gasteiger partial charge in [-0.15, -0.1) is 0 Å². The van der Waals surface area contributed by atoms with Crippen LogP contribution in [0.1, 0.15) is 33.1 Å². The molecule has 0 aromatic heterocycles. The lowest BCUT2D eigenvalue weighted by Gasteiger charge is -2.26. The summed E-state index contributed by atoms with van der Waals surface area (Å²) < 4.78 is 0. The highest BCUT2D eigenvalue weighted by Gasteiger charge is 2.37. The number of carboxylic acids is 2. The van der Waals surface area contributed by atoms with Crippen LogP contribution < -0.4 is 0 Å². The fourth-order valence-electron chi connectivity index (χ4n) is 2.04. The minimum atomic E-state index is -1.14. The van der Waals surface area contributed by atoms with Crippen LogP contribution in [0.15, 0.2) is 0 Å². The summed E-state index contributed by atoms with van der Waals surface area (Å²) in [5.41, 5.74) is 0. The second kappa shape index (κ2) is 7.22. The summed E-state index contributed by atoms with van der Waals surface area (Å²) in [4.78, 5) is 22.1. The number of hydrogen-bond donors (Lipinski definition) is 3. The molecular weight excluding hydrogens is 212 g/mol. The van der Waals surface area contributed by atoms with E-state index in [1.165, 1.54) is 0 Å². The van der Waals surface area contributed by atoms with E-state index in [0.29, 0.717) is 6.42 Å². The molecule has 0 saturated carbocycles. The summed E-state index contributed by atoms with van der Waals surface area (Å²) in [5.74, 6) is -4.66. The van der Waals surface area contributed by atoms with Crippen molar-refractivity contribution >= 4 is 11.9 Å². The lowest BCUT2D eigenvalue weighted by molar-refractivity contribution is -0.157. The van der Waals surface area contributed by atoms with Crippen molar-refractivity contribution in [3.05, 3.63) is 0 Å². The van der Waals surface area contributed by atoms with E-state index in [-0.39, 0.29) is 13.0 Å². The number of carboxylic acid groups (broad SMARTS) is 2. The Morgan fingerprint density at radius 3 is 1.94 bits per heavy atom. The maximum Gasteiger partial charge on any atom is 0.307 e. The quantitative estimate of drug-likeness (QED) is 0.584. The first-order valence-electron chi connectivity index (χ1n) is 5.55. The number of carbonyl (C=O) groups is 2. The molecule has 5 heteroatoms. The molecule has 94 valence electrons. The van der Waals surface area contributed by atoms with Crippen molar-refractivity contribution in [2.75, 3.05) is 6.61 Å². The largest absolute Gasteiger partial charge is 0.481 e. The third-order valence-corrected chi connectivity index (χ3v) is 2.88. The second-order valence-corrected chi connectivity index (χ2v) is 3.95. The van der Waals surface area contributed by atoms with Gasteiger partial charge in [0.25, 0.3) is 0 Å². The third-order valence-electron chi connectivity index (χ3n) is 2.88. The van der Waals surface area contributed by atoms with E-state index >= 15 is 0 Å². The average molecular weight is 232 g/mol. The first kappa shape index (κ1) is 14.9. The Morgan fingerprint density at radius 2 is 1.69 bits per heavy atom. The highest BCUT2D eigenvalue weighted by Crippen LogP contribution is 2.28. The highest BCUT2D eigenvalue weighted by atomic mass is 16.4. The van der Waals surface area contributed by atoms with Gasteiger partial charge in [0.1, 0.15) is 0 Å². The number of aliphatic hydroxyl groups excluding tert-OH is 1. The molecule has 0 rings (SSSR count). The SMILES string of the molecule is CCCC(CO)C(C(=O)O)C(CC)C(=O)O. The summed E-state index contributed by atoms with van der Waals surface area (Å²) in [6.45, 7) is 3.24. The van der Waals surface area contributed by atoms with Gasteiger partial charge in [-0.25, -0.2) is 0 Å². The molecule has 0 saturated heterocycles. The summed E-state index contributed by atoms with van der Waals surface area (Å²) in [5, 5.41) is 27.2. The molecule has 3 unspecified atom stereocenters. The van der Waals surface area contributed by atoms with Crippen molar-refractivity contribution in [3.8, 4) is 0 Å². The Morgan fingerprint density at radius 1 is 1.12 bits per heavy atom. The second-order valence-electron chi connectivity index (χ2n) is 3.95. The van der Waals surface area contributed by atoms with Crippen molar-refractivity contribution in [3.63, 3.8) is 0 Å². The van der Waals surface area contributed by atoms with Crippen molar-refractivity contribution in [1.29, 1.82) is 0 Å². The van der Waals surface area contributed by atoms with Crippen molar-refractivity contribution in [2.45, 2.75) is 33.1 Å². The Balaban J connectivity index is 4.94. The van der Waals surface area contributed by atoms with Gasteiger partial charge in [0.05, 0.1) is 11.8 Å². The minimum absolute atomic E-state index is 0.256. The van der Waals surface area contributed by atoms with Crippen molar-refractivity contribution in [1.82, 2.24) is 0 Å². The lowest BCUT2D eigenvalue weighted by atomic mass is 9.78. The molecule has 0 aliphatic carbocycles. The molecule has 0 bridgehead atoms. The Kier molecular flexibility index (Phi) is 6.72. The van der Waals surface area contributed by atoms with Gasteiger partial charge in [-0.1, -0.05) is 20.3 Å². The van der Waals surface area contributed by atoms with Crippen LogP contribution in [0, 0.1) is 17.8 Å². The molecule has 0 amide bonds. The molecular formula is C11H20O5. The van der Waals surface area contributed by atoms with E-state index in [1.54, 1.807) is 6.92 Å². The summed E-state index contributed by atoms with van der Waals surface area (Å²) in [6, 6.07) is 0. The smallest absolute Gasteiger partial charge is 0.307 e. The van der Waals surface area contributed by atoms with Crippen LogP contribution in [0.3, 0.4) is 0 Å². The topological polar surface area (TPSA) is 94.8 Å². The Labute approximate surface area is 95.1 Å². The fourth-order valence-corrected chi connectivity index (χ4v) is 2.04. The van der Waals surface area contributed by atoms with Crippen LogP contribution in [-0.2, 0) is 9.59 Å². The molecule has 16 heavy (non-hydrogen) atoms. The van der Waals surface area contributed by atoms with Gasteiger partial charge in [-0.2, -0.15) is 0 Å². The summed E-state index contributed by atoms with van der Waals surface area (Å²) in [6.07, 6.45) is 1.51. The van der Waals surface area contributed by atoms with Gasteiger partial charge in [0.2, 0.25) is 0 Å². The maximum absolute atomic E-state index is 11.1. The standard InChI is InChI=1S/C11H20O5/c1-3-5-7(6-12)9(11(15)16)8(4-2)10(13)14/h7-9,12H,3-6H2,1-2H3,(H,13,14)(H,15,16). The van der Waals surface area contributed by atoms with Crippen molar-refractivity contribution < 1.29 is 24.9 Å². The van der Waals surface area contributed by atoms with Crippen LogP contribution in [0.5, 0.6) is 0 Å². The normalized spacial score (nSPS) is 16.4. The number of hydrogen-bond acceptors (Lipinski definition) is 3. The van der Waals surface area contributed by atoms with E-state index in [1.807, 2.05) is 6.92 Å². The molecule has 3 atom stereocenters. The van der Waals surface area contributed by atoms with Crippen LogP contribution >= 0.6 is 0 Å². The monoisotopic (exact) mass is 232 g/mol. The lowest BCUT2D eigenvalue weighted by Crippen LogP contribution is -2.36. The van der Waals surface area contributed by atoms with E-state index in [2.05, 4.69) is 0 Å². The van der Waals surface area contributed by atoms with Gasteiger partial charge < -0.3 is 15.3 Å². The summed E-state index contributed by atoms with van der Waals surface area (Å²) >= 11 is 0. The molecule has 0 aromatic carbocycles. The fraction of sp³-hybridized carbons (Fsp3) is 0.818. The first-order valence-corrected chi connectivity index (χ1v) is 5.55. The van der Waals surface area contributed by atoms with Crippen molar-refractivity contribution in [2.24, 2.45) is 17.8 Å². The van der Waals surface area contributed by atoms with Gasteiger partial charge >= 0.3 is 11.9 Å². The van der Waals surface area contributed by atoms with Crippen LogP contribution in [-0.4, -0.2) is 33.9 Å². The molecule has 0 aromatic rings. The van der Waals surface area contributed by atoms with Gasteiger partial charge in [-0.05, 0) is 18.8 Å². The van der Waals surface area contributed by atoms with Crippen LogP contribution in [0.2, 0.25) is 0 Å².